The van der Waals surface area contributed by atoms with Crippen molar-refractivity contribution >= 4 is 16.0 Å². The number of hydrogen-bond donors (Lipinski definition) is 2. The number of carbonyl (C=O) groups is 1. The molecule has 0 saturated heterocycles. The van der Waals surface area contributed by atoms with Crippen molar-refractivity contribution in [2.24, 2.45) is 11.8 Å². The predicted octanol–water partition coefficient (Wildman–Crippen LogP) is 1.85. The maximum absolute atomic E-state index is 12.3. The highest BCUT2D eigenvalue weighted by Crippen LogP contribution is 2.45. The van der Waals surface area contributed by atoms with Crippen LogP contribution >= 0.6 is 0 Å². The molecule has 2 saturated carbocycles. The van der Waals surface area contributed by atoms with Gasteiger partial charge in [-0.25, -0.2) is 17.9 Å². The molecule has 0 spiro atoms. The van der Waals surface area contributed by atoms with Crippen LogP contribution in [0.4, 0.5) is 0 Å². The van der Waals surface area contributed by atoms with Crippen LogP contribution in [0.5, 0.6) is 0 Å². The van der Waals surface area contributed by atoms with Gasteiger partial charge >= 0.3 is 5.97 Å². The lowest BCUT2D eigenvalue weighted by atomic mass is 10.1. The average molecular weight is 295 g/mol. The highest BCUT2D eigenvalue weighted by molar-refractivity contribution is 7.89. The standard InChI is InChI=1S/C14H17NO4S/c16-14(17)11-5-7-12(8-6-11)20(18,19)15-13(9-1-2-9)10-3-4-10/h5-10,13,15H,1-4H2,(H,16,17). The summed E-state index contributed by atoms with van der Waals surface area (Å²) in [5.74, 6) is -0.0955. The third-order valence-electron chi connectivity index (χ3n) is 3.96. The van der Waals surface area contributed by atoms with E-state index in [-0.39, 0.29) is 16.5 Å². The van der Waals surface area contributed by atoms with Gasteiger partial charge in [-0.2, -0.15) is 0 Å². The van der Waals surface area contributed by atoms with Crippen molar-refractivity contribution < 1.29 is 18.3 Å². The maximum atomic E-state index is 12.3. The van der Waals surface area contributed by atoms with Crippen molar-refractivity contribution in [1.82, 2.24) is 4.72 Å². The number of carboxylic acid groups (broad SMARTS) is 1. The Labute approximate surface area is 118 Å². The molecule has 20 heavy (non-hydrogen) atoms. The summed E-state index contributed by atoms with van der Waals surface area (Å²) >= 11 is 0. The largest absolute Gasteiger partial charge is 0.478 e. The second kappa shape index (κ2) is 4.86. The lowest BCUT2D eigenvalue weighted by molar-refractivity contribution is 0.0696. The van der Waals surface area contributed by atoms with E-state index in [0.717, 1.165) is 25.7 Å². The Balaban J connectivity index is 1.78. The van der Waals surface area contributed by atoms with E-state index in [1.807, 2.05) is 0 Å². The fraction of sp³-hybridized carbons (Fsp3) is 0.500. The van der Waals surface area contributed by atoms with E-state index in [1.165, 1.54) is 24.3 Å². The SMILES string of the molecule is O=C(O)c1ccc(S(=O)(=O)NC(C2CC2)C2CC2)cc1. The molecule has 1 aromatic carbocycles. The lowest BCUT2D eigenvalue weighted by Crippen LogP contribution is -2.38. The molecule has 0 unspecified atom stereocenters. The van der Waals surface area contributed by atoms with Gasteiger partial charge in [0.2, 0.25) is 10.0 Å². The van der Waals surface area contributed by atoms with Crippen LogP contribution in [0.3, 0.4) is 0 Å². The minimum absolute atomic E-state index is 0.0548. The van der Waals surface area contributed by atoms with E-state index in [1.54, 1.807) is 0 Å². The number of nitrogens with one attached hydrogen (secondary N) is 1. The maximum Gasteiger partial charge on any atom is 0.335 e. The molecule has 0 aliphatic heterocycles. The summed E-state index contributed by atoms with van der Waals surface area (Å²) in [5, 5.41) is 8.82. The summed E-state index contributed by atoms with van der Waals surface area (Å²) < 4.78 is 27.5. The third kappa shape index (κ3) is 2.86. The van der Waals surface area contributed by atoms with E-state index in [0.29, 0.717) is 11.8 Å². The summed E-state index contributed by atoms with van der Waals surface area (Å²) in [6, 6.07) is 5.39. The number of hydrogen-bond acceptors (Lipinski definition) is 3. The zero-order valence-electron chi connectivity index (χ0n) is 11.0. The molecule has 2 aliphatic rings. The zero-order chi connectivity index (χ0) is 14.3. The summed E-state index contributed by atoms with van der Waals surface area (Å²) in [6.45, 7) is 0. The summed E-state index contributed by atoms with van der Waals surface area (Å²) in [5.41, 5.74) is 0.0879. The third-order valence-corrected chi connectivity index (χ3v) is 5.44. The molecule has 5 nitrogen and oxygen atoms in total. The second-order valence-corrected chi connectivity index (χ2v) is 7.37. The van der Waals surface area contributed by atoms with Gasteiger partial charge in [-0.1, -0.05) is 0 Å². The van der Waals surface area contributed by atoms with Crippen LogP contribution in [0.25, 0.3) is 0 Å². The van der Waals surface area contributed by atoms with Gasteiger partial charge in [0.15, 0.2) is 0 Å². The second-order valence-electron chi connectivity index (χ2n) is 5.65. The molecule has 2 fully saturated rings. The smallest absolute Gasteiger partial charge is 0.335 e. The number of rotatable bonds is 6. The van der Waals surface area contributed by atoms with Crippen LogP contribution in [0.2, 0.25) is 0 Å². The molecule has 108 valence electrons. The number of aromatic carboxylic acids is 1. The molecule has 2 aliphatic carbocycles. The minimum atomic E-state index is -3.55. The van der Waals surface area contributed by atoms with Crippen molar-refractivity contribution in [1.29, 1.82) is 0 Å². The first kappa shape index (κ1) is 13.6. The van der Waals surface area contributed by atoms with Crippen LogP contribution < -0.4 is 4.72 Å². The number of sulfonamides is 1. The van der Waals surface area contributed by atoms with Crippen LogP contribution in [0.1, 0.15) is 36.0 Å². The van der Waals surface area contributed by atoms with Gasteiger partial charge in [-0.3, -0.25) is 0 Å². The minimum Gasteiger partial charge on any atom is -0.478 e. The van der Waals surface area contributed by atoms with Gasteiger partial charge in [0.1, 0.15) is 0 Å². The van der Waals surface area contributed by atoms with Gasteiger partial charge in [0, 0.05) is 6.04 Å². The van der Waals surface area contributed by atoms with E-state index < -0.39 is 16.0 Å². The van der Waals surface area contributed by atoms with Crippen molar-refractivity contribution in [2.75, 3.05) is 0 Å². The molecular formula is C14H17NO4S. The molecule has 0 atom stereocenters. The van der Waals surface area contributed by atoms with Crippen LogP contribution in [0, 0.1) is 11.8 Å². The Hall–Kier alpha value is -1.40. The van der Waals surface area contributed by atoms with Gasteiger partial charge in [-0.05, 0) is 61.8 Å². The highest BCUT2D eigenvalue weighted by atomic mass is 32.2. The molecule has 0 heterocycles. The molecule has 0 bridgehead atoms. The van der Waals surface area contributed by atoms with E-state index in [2.05, 4.69) is 4.72 Å². The zero-order valence-corrected chi connectivity index (χ0v) is 11.8. The Kier molecular flexibility index (Phi) is 3.30. The van der Waals surface area contributed by atoms with Crippen molar-refractivity contribution in [3.63, 3.8) is 0 Å². The average Bonchev–Trinajstić information content (AvgIpc) is 3.29. The Bertz CT molecular complexity index is 603. The fourth-order valence-electron chi connectivity index (χ4n) is 2.51. The predicted molar refractivity (Wildman–Crippen MR) is 73.0 cm³/mol. The molecule has 2 N–H and O–H groups in total. The van der Waals surface area contributed by atoms with Crippen molar-refractivity contribution in [3.05, 3.63) is 29.8 Å². The first-order chi connectivity index (χ1) is 9.47. The Morgan fingerprint density at radius 2 is 1.60 bits per heavy atom. The molecule has 6 heteroatoms. The summed E-state index contributed by atoms with van der Waals surface area (Å²) in [7, 11) is -3.55. The van der Waals surface area contributed by atoms with Crippen LogP contribution in [-0.2, 0) is 10.0 Å². The Morgan fingerprint density at radius 1 is 1.10 bits per heavy atom. The Morgan fingerprint density at radius 3 is 2.00 bits per heavy atom. The van der Waals surface area contributed by atoms with Crippen molar-refractivity contribution in [2.45, 2.75) is 36.6 Å². The normalized spacial score (nSPS) is 19.2. The van der Waals surface area contributed by atoms with Gasteiger partial charge in [0.05, 0.1) is 10.5 Å². The van der Waals surface area contributed by atoms with E-state index >= 15 is 0 Å². The van der Waals surface area contributed by atoms with Gasteiger partial charge in [-0.15, -0.1) is 0 Å². The molecule has 1 aromatic rings. The van der Waals surface area contributed by atoms with E-state index in [4.69, 9.17) is 5.11 Å². The van der Waals surface area contributed by atoms with Crippen LogP contribution in [0.15, 0.2) is 29.2 Å². The molecular weight excluding hydrogens is 278 g/mol. The molecule has 0 aromatic heterocycles. The monoisotopic (exact) mass is 295 g/mol. The van der Waals surface area contributed by atoms with Gasteiger partial charge in [0.25, 0.3) is 0 Å². The molecule has 3 rings (SSSR count). The lowest BCUT2D eigenvalue weighted by Gasteiger charge is -2.17. The first-order valence-corrected chi connectivity index (χ1v) is 8.31. The van der Waals surface area contributed by atoms with E-state index in [9.17, 15) is 13.2 Å². The summed E-state index contributed by atoms with van der Waals surface area (Å²) in [6.07, 6.45) is 4.40. The number of benzene rings is 1. The summed E-state index contributed by atoms with van der Waals surface area (Å²) in [4.78, 5) is 10.9. The fourth-order valence-corrected chi connectivity index (χ4v) is 3.89. The quantitative estimate of drug-likeness (QED) is 0.839. The van der Waals surface area contributed by atoms with Crippen molar-refractivity contribution in [3.8, 4) is 0 Å². The highest BCUT2D eigenvalue weighted by Gasteiger charge is 2.43. The topological polar surface area (TPSA) is 83.5 Å². The van der Waals surface area contributed by atoms with Crippen LogP contribution in [-0.4, -0.2) is 25.5 Å². The molecule has 0 amide bonds. The first-order valence-electron chi connectivity index (χ1n) is 6.83. The number of carboxylic acids is 1. The molecule has 0 radical (unpaired) electrons. The van der Waals surface area contributed by atoms with Gasteiger partial charge < -0.3 is 5.11 Å².